The third kappa shape index (κ3) is 1.35. The molecule has 3 rings (SSSR count). The van der Waals surface area contributed by atoms with Gasteiger partial charge in [0.2, 0.25) is 0 Å². The maximum Gasteiger partial charge on any atom is 0.0573 e. The van der Waals surface area contributed by atoms with E-state index in [0.717, 1.165) is 0 Å². The van der Waals surface area contributed by atoms with E-state index in [1.54, 1.807) is 0 Å². The second-order valence-corrected chi connectivity index (χ2v) is 4.93. The molecule has 0 N–H and O–H groups in total. The van der Waals surface area contributed by atoms with Gasteiger partial charge in [-0.25, -0.2) is 0 Å². The van der Waals surface area contributed by atoms with Crippen molar-refractivity contribution in [3.63, 3.8) is 0 Å². The molecule has 0 fully saturated rings. The highest BCUT2D eigenvalue weighted by molar-refractivity contribution is 5.85. The van der Waals surface area contributed by atoms with Gasteiger partial charge in [0.15, 0.2) is 0 Å². The molecule has 2 heterocycles. The molecule has 1 nitrogen and oxygen atoms in total. The Bertz CT molecular complexity index is 436. The third-order valence-electron chi connectivity index (χ3n) is 3.68. The summed E-state index contributed by atoms with van der Waals surface area (Å²) >= 11 is 0. The molecule has 0 amide bonds. The van der Waals surface area contributed by atoms with Crippen LogP contribution in [0.1, 0.15) is 44.0 Å². The topological polar surface area (TPSA) is 3.24 Å². The molecule has 86 valence electrons. The molecule has 0 saturated heterocycles. The van der Waals surface area contributed by atoms with Crippen LogP contribution in [-0.4, -0.2) is 10.9 Å². The number of halogens is 1. The van der Waals surface area contributed by atoms with Crippen molar-refractivity contribution in [3.05, 3.63) is 47.0 Å². The summed E-state index contributed by atoms with van der Waals surface area (Å²) in [5, 5.41) is 0. The zero-order chi connectivity index (χ0) is 10.6. The molecular weight excluding hydrogens is 218 g/mol. The van der Waals surface area contributed by atoms with Gasteiger partial charge in [-0.05, 0) is 31.9 Å². The zero-order valence-corrected chi connectivity index (χ0v) is 10.8. The van der Waals surface area contributed by atoms with Crippen LogP contribution in [-0.2, 0) is 0 Å². The quantitative estimate of drug-likeness (QED) is 0.668. The van der Waals surface area contributed by atoms with Crippen LogP contribution in [0.15, 0.2) is 35.9 Å². The highest BCUT2D eigenvalue weighted by Crippen LogP contribution is 2.52. The van der Waals surface area contributed by atoms with E-state index < -0.39 is 0 Å². The van der Waals surface area contributed by atoms with Crippen LogP contribution in [0.5, 0.6) is 0 Å². The maximum absolute atomic E-state index is 2.61. The van der Waals surface area contributed by atoms with Crippen LogP contribution in [0.3, 0.4) is 0 Å². The predicted molar refractivity (Wildman–Crippen MR) is 69.9 cm³/mol. The molecule has 0 spiro atoms. The minimum Gasteiger partial charge on any atom is -0.280 e. The number of rotatable bonds is 1. The Morgan fingerprint density at radius 1 is 1.12 bits per heavy atom. The first-order valence-electron chi connectivity index (χ1n) is 5.74. The summed E-state index contributed by atoms with van der Waals surface area (Å²) in [7, 11) is 0. The summed E-state index contributed by atoms with van der Waals surface area (Å²) in [6.07, 6.45) is 2.42. The summed E-state index contributed by atoms with van der Waals surface area (Å²) in [5.74, 6) is 0. The lowest BCUT2D eigenvalue weighted by atomic mass is 9.92. The molecule has 0 saturated carbocycles. The Labute approximate surface area is 104 Å². The van der Waals surface area contributed by atoms with Gasteiger partial charge in [0.05, 0.1) is 12.1 Å². The Balaban J connectivity index is 0.000000963. The van der Waals surface area contributed by atoms with Gasteiger partial charge in [-0.15, -0.1) is 12.4 Å². The van der Waals surface area contributed by atoms with E-state index in [9.17, 15) is 0 Å². The van der Waals surface area contributed by atoms with Crippen LogP contribution in [0.4, 0.5) is 0 Å². The maximum atomic E-state index is 2.61. The van der Waals surface area contributed by atoms with Crippen molar-refractivity contribution in [1.82, 2.24) is 4.90 Å². The third-order valence-corrected chi connectivity index (χ3v) is 3.68. The van der Waals surface area contributed by atoms with Gasteiger partial charge in [-0.3, -0.25) is 4.90 Å². The molecule has 2 bridgehead atoms. The fraction of sp³-hybridized carbons (Fsp3) is 0.429. The number of nitrogens with zero attached hydrogens (tertiary/aromatic N) is 1. The number of hydrogen-bond donors (Lipinski definition) is 0. The molecule has 0 aromatic heterocycles. The summed E-state index contributed by atoms with van der Waals surface area (Å²) in [6, 6.07) is 10.6. The molecule has 2 atom stereocenters. The molecule has 16 heavy (non-hydrogen) atoms. The van der Waals surface area contributed by atoms with Gasteiger partial charge < -0.3 is 0 Å². The molecule has 1 aromatic rings. The largest absolute Gasteiger partial charge is 0.280 e. The SMILES string of the molecule is CC1=CC2c3ccccc3C1N2C(C)C.Cl. The molecule has 2 heteroatoms. The monoisotopic (exact) mass is 235 g/mol. The van der Waals surface area contributed by atoms with Gasteiger partial charge in [0.1, 0.15) is 0 Å². The van der Waals surface area contributed by atoms with Crippen molar-refractivity contribution in [1.29, 1.82) is 0 Å². The van der Waals surface area contributed by atoms with E-state index in [2.05, 4.69) is 56.0 Å². The van der Waals surface area contributed by atoms with Crippen LogP contribution in [0.2, 0.25) is 0 Å². The van der Waals surface area contributed by atoms with Crippen molar-refractivity contribution in [2.24, 2.45) is 0 Å². The van der Waals surface area contributed by atoms with E-state index in [-0.39, 0.29) is 12.4 Å². The molecule has 2 unspecified atom stereocenters. The molecule has 2 aliphatic rings. The van der Waals surface area contributed by atoms with Crippen molar-refractivity contribution in [3.8, 4) is 0 Å². The number of fused-ring (bicyclic) bond motifs is 5. The fourth-order valence-corrected chi connectivity index (χ4v) is 3.13. The first-order valence-corrected chi connectivity index (χ1v) is 5.74. The van der Waals surface area contributed by atoms with Crippen LogP contribution < -0.4 is 0 Å². The minimum atomic E-state index is 0. The normalized spacial score (nSPS) is 26.6. The lowest BCUT2D eigenvalue weighted by molar-refractivity contribution is 0.184. The zero-order valence-electron chi connectivity index (χ0n) is 9.97. The molecule has 0 aliphatic carbocycles. The molecule has 0 radical (unpaired) electrons. The lowest BCUT2D eigenvalue weighted by Gasteiger charge is -2.27. The van der Waals surface area contributed by atoms with Gasteiger partial charge in [0.25, 0.3) is 0 Å². The second kappa shape index (κ2) is 3.90. The van der Waals surface area contributed by atoms with E-state index in [1.807, 2.05) is 0 Å². The summed E-state index contributed by atoms with van der Waals surface area (Å²) in [6.45, 7) is 6.84. The van der Waals surface area contributed by atoms with Crippen LogP contribution >= 0.6 is 12.4 Å². The standard InChI is InChI=1S/C14H17N.ClH/c1-9(2)15-13-8-10(3)14(15)12-7-5-4-6-11(12)13;/h4-9,13-14H,1-3H3;1H. The van der Waals surface area contributed by atoms with Crippen LogP contribution in [0, 0.1) is 0 Å². The first-order chi connectivity index (χ1) is 7.20. The summed E-state index contributed by atoms with van der Waals surface area (Å²) < 4.78 is 0. The Morgan fingerprint density at radius 3 is 2.38 bits per heavy atom. The van der Waals surface area contributed by atoms with Gasteiger partial charge in [-0.2, -0.15) is 0 Å². The highest BCUT2D eigenvalue weighted by atomic mass is 35.5. The van der Waals surface area contributed by atoms with Gasteiger partial charge in [-0.1, -0.05) is 35.9 Å². The van der Waals surface area contributed by atoms with Gasteiger partial charge in [0, 0.05) is 6.04 Å². The van der Waals surface area contributed by atoms with Crippen molar-refractivity contribution in [2.75, 3.05) is 0 Å². The van der Waals surface area contributed by atoms with Gasteiger partial charge >= 0.3 is 0 Å². The number of hydrogen-bond acceptors (Lipinski definition) is 1. The van der Waals surface area contributed by atoms with E-state index in [0.29, 0.717) is 18.1 Å². The van der Waals surface area contributed by atoms with Crippen molar-refractivity contribution in [2.45, 2.75) is 38.9 Å². The van der Waals surface area contributed by atoms with E-state index in [4.69, 9.17) is 0 Å². The lowest BCUT2D eigenvalue weighted by Crippen LogP contribution is -2.28. The Kier molecular flexibility index (Phi) is 2.85. The summed E-state index contributed by atoms with van der Waals surface area (Å²) in [4.78, 5) is 2.61. The summed E-state index contributed by atoms with van der Waals surface area (Å²) in [5.41, 5.74) is 4.56. The highest BCUT2D eigenvalue weighted by Gasteiger charge is 2.43. The second-order valence-electron chi connectivity index (χ2n) is 4.93. The predicted octanol–water partition coefficient (Wildman–Crippen LogP) is 3.87. The Hall–Kier alpha value is -0.790. The van der Waals surface area contributed by atoms with E-state index in [1.165, 1.54) is 16.7 Å². The fourth-order valence-electron chi connectivity index (χ4n) is 3.13. The first kappa shape index (κ1) is 11.7. The average Bonchev–Trinajstić information content (AvgIpc) is 2.70. The smallest absolute Gasteiger partial charge is 0.0573 e. The number of benzene rings is 1. The molecule has 2 aliphatic heterocycles. The molecular formula is C14H18ClN. The van der Waals surface area contributed by atoms with Crippen molar-refractivity contribution >= 4 is 12.4 Å². The minimum absolute atomic E-state index is 0. The average molecular weight is 236 g/mol. The van der Waals surface area contributed by atoms with Crippen molar-refractivity contribution < 1.29 is 0 Å². The Morgan fingerprint density at radius 2 is 1.75 bits per heavy atom. The van der Waals surface area contributed by atoms with E-state index >= 15 is 0 Å². The van der Waals surface area contributed by atoms with Crippen LogP contribution in [0.25, 0.3) is 0 Å². The molecule has 1 aromatic carbocycles.